The molecular weight excluding hydrogens is 287 g/mol. The first-order chi connectivity index (χ1) is 9.00. The van der Waals surface area contributed by atoms with Gasteiger partial charge in [0, 0.05) is 11.8 Å². The highest BCUT2D eigenvalue weighted by molar-refractivity contribution is 6.39. The Morgan fingerprint density at radius 3 is 2.74 bits per heavy atom. The third-order valence-corrected chi connectivity index (χ3v) is 3.36. The van der Waals surface area contributed by atoms with Crippen LogP contribution < -0.4 is 10.4 Å². The topological polar surface area (TPSA) is 65.0 Å². The molecule has 1 aromatic carbocycles. The molecule has 0 bridgehead atoms. The molecule has 0 aliphatic heterocycles. The number of carboxylic acids is 1. The molecule has 0 amide bonds. The van der Waals surface area contributed by atoms with Crippen LogP contribution in [0.5, 0.6) is 0 Å². The second-order valence-corrected chi connectivity index (χ2v) is 4.65. The summed E-state index contributed by atoms with van der Waals surface area (Å²) in [6, 6.07) is 6.35. The van der Waals surface area contributed by atoms with Gasteiger partial charge in [-0.1, -0.05) is 29.3 Å². The van der Waals surface area contributed by atoms with Crippen molar-refractivity contribution in [3.05, 3.63) is 51.6 Å². The Hall–Kier alpha value is -1.78. The summed E-state index contributed by atoms with van der Waals surface area (Å²) in [6.07, 6.45) is 1.46. The maximum Gasteiger partial charge on any atom is 0.139 e. The predicted octanol–water partition coefficient (Wildman–Crippen LogP) is 2.80. The zero-order chi connectivity index (χ0) is 14.0. The number of hydrogen-bond acceptors (Lipinski definition) is 4. The number of carbonyl (C=O) groups excluding carboxylic acids is 1. The van der Waals surface area contributed by atoms with E-state index in [1.54, 1.807) is 12.1 Å². The Kier molecular flexibility index (Phi) is 3.93. The van der Waals surface area contributed by atoms with Gasteiger partial charge in [-0.3, -0.25) is 0 Å². The Labute approximate surface area is 120 Å². The fourth-order valence-electron chi connectivity index (χ4n) is 1.56. The molecule has 0 aliphatic rings. The Morgan fingerprint density at radius 2 is 2.05 bits per heavy atom. The first-order valence-electron chi connectivity index (χ1n) is 5.38. The van der Waals surface area contributed by atoms with E-state index in [0.29, 0.717) is 15.7 Å². The molecule has 4 nitrogen and oxygen atoms in total. The van der Waals surface area contributed by atoms with Crippen LogP contribution in [0.15, 0.2) is 30.5 Å². The molecule has 0 unspecified atom stereocenters. The smallest absolute Gasteiger partial charge is 0.139 e. The van der Waals surface area contributed by atoms with Crippen LogP contribution in [0.3, 0.4) is 0 Å². The van der Waals surface area contributed by atoms with E-state index in [1.807, 2.05) is 6.92 Å². The van der Waals surface area contributed by atoms with E-state index < -0.39 is 5.97 Å². The van der Waals surface area contributed by atoms with Crippen molar-refractivity contribution in [3.63, 3.8) is 0 Å². The zero-order valence-electron chi connectivity index (χ0n) is 9.91. The van der Waals surface area contributed by atoms with E-state index >= 15 is 0 Å². The van der Waals surface area contributed by atoms with Crippen molar-refractivity contribution in [3.8, 4) is 0 Å². The van der Waals surface area contributed by atoms with Gasteiger partial charge in [0.1, 0.15) is 5.82 Å². The van der Waals surface area contributed by atoms with E-state index in [-0.39, 0.29) is 11.4 Å². The van der Waals surface area contributed by atoms with Crippen LogP contribution >= 0.6 is 23.2 Å². The molecule has 1 heterocycles. The summed E-state index contributed by atoms with van der Waals surface area (Å²) < 4.78 is 0. The van der Waals surface area contributed by atoms with Crippen LogP contribution in [0.4, 0.5) is 11.5 Å². The molecule has 2 aromatic rings. The standard InChI is InChI=1S/C13H10Cl2N2O2/c1-7-4-5-9(14)11(10(7)15)17-12-8(13(18)19)3-2-6-16-12/h2-6H,1H3,(H,16,17)(H,18,19)/p-1. The van der Waals surface area contributed by atoms with Crippen molar-refractivity contribution in [2.24, 2.45) is 0 Å². The van der Waals surface area contributed by atoms with Gasteiger partial charge >= 0.3 is 0 Å². The number of nitrogens with zero attached hydrogens (tertiary/aromatic N) is 1. The molecule has 0 saturated carbocycles. The third-order valence-electron chi connectivity index (χ3n) is 2.56. The number of aryl methyl sites for hydroxylation is 1. The van der Waals surface area contributed by atoms with Gasteiger partial charge < -0.3 is 15.2 Å². The van der Waals surface area contributed by atoms with Crippen molar-refractivity contribution in [2.75, 3.05) is 5.32 Å². The van der Waals surface area contributed by atoms with Gasteiger partial charge in [0.05, 0.1) is 21.7 Å². The van der Waals surface area contributed by atoms with Crippen molar-refractivity contribution < 1.29 is 9.90 Å². The van der Waals surface area contributed by atoms with Gasteiger partial charge in [-0.05, 0) is 30.7 Å². The van der Waals surface area contributed by atoms with Crippen LogP contribution in [0, 0.1) is 6.92 Å². The molecule has 6 heteroatoms. The first-order valence-corrected chi connectivity index (χ1v) is 6.14. The van der Waals surface area contributed by atoms with E-state index in [2.05, 4.69) is 10.3 Å². The molecule has 0 radical (unpaired) electrons. The molecule has 2 rings (SSSR count). The lowest BCUT2D eigenvalue weighted by Crippen LogP contribution is -2.23. The van der Waals surface area contributed by atoms with Crippen LogP contribution in [0.1, 0.15) is 15.9 Å². The summed E-state index contributed by atoms with van der Waals surface area (Å²) in [4.78, 5) is 14.9. The lowest BCUT2D eigenvalue weighted by atomic mass is 10.2. The van der Waals surface area contributed by atoms with Gasteiger partial charge in [0.15, 0.2) is 0 Å². The minimum absolute atomic E-state index is 0.0591. The number of halogens is 2. The van der Waals surface area contributed by atoms with Gasteiger partial charge in [-0.25, -0.2) is 4.98 Å². The molecule has 1 N–H and O–H groups in total. The van der Waals surface area contributed by atoms with E-state index in [9.17, 15) is 9.90 Å². The molecule has 0 aliphatic carbocycles. The van der Waals surface area contributed by atoms with E-state index in [0.717, 1.165) is 5.56 Å². The van der Waals surface area contributed by atoms with Crippen LogP contribution in [0.2, 0.25) is 10.0 Å². The van der Waals surface area contributed by atoms with Crippen LogP contribution in [-0.4, -0.2) is 11.0 Å². The van der Waals surface area contributed by atoms with Gasteiger partial charge in [-0.15, -0.1) is 0 Å². The number of pyridine rings is 1. The average Bonchev–Trinajstić information content (AvgIpc) is 2.39. The second-order valence-electron chi connectivity index (χ2n) is 3.87. The molecule has 0 saturated heterocycles. The number of aromatic carboxylic acids is 1. The zero-order valence-corrected chi connectivity index (χ0v) is 11.4. The molecule has 1 aromatic heterocycles. The maximum atomic E-state index is 11.0. The monoisotopic (exact) mass is 295 g/mol. The molecule has 0 fully saturated rings. The Balaban J connectivity index is 2.48. The Morgan fingerprint density at radius 1 is 1.32 bits per heavy atom. The summed E-state index contributed by atoms with van der Waals surface area (Å²) in [7, 11) is 0. The minimum atomic E-state index is -1.32. The average molecular weight is 296 g/mol. The minimum Gasteiger partial charge on any atom is -0.545 e. The number of aromatic nitrogens is 1. The number of hydrogen-bond donors (Lipinski definition) is 1. The lowest BCUT2D eigenvalue weighted by Gasteiger charge is -2.14. The number of benzene rings is 1. The molecule has 19 heavy (non-hydrogen) atoms. The molecular formula is C13H9Cl2N2O2-. The quantitative estimate of drug-likeness (QED) is 0.946. The van der Waals surface area contributed by atoms with Crippen molar-refractivity contribution in [1.82, 2.24) is 4.98 Å². The first kappa shape index (κ1) is 13.6. The van der Waals surface area contributed by atoms with Crippen molar-refractivity contribution in [1.29, 1.82) is 0 Å². The third kappa shape index (κ3) is 2.80. The van der Waals surface area contributed by atoms with Crippen LogP contribution in [0.25, 0.3) is 0 Å². The Bertz CT molecular complexity index is 645. The second kappa shape index (κ2) is 5.47. The van der Waals surface area contributed by atoms with E-state index in [1.165, 1.54) is 18.3 Å². The number of carboxylic acid groups (broad SMARTS) is 1. The lowest BCUT2D eigenvalue weighted by molar-refractivity contribution is -0.254. The number of nitrogens with one attached hydrogen (secondary N) is 1. The van der Waals surface area contributed by atoms with Gasteiger partial charge in [0.25, 0.3) is 0 Å². The number of carbonyl (C=O) groups is 1. The number of rotatable bonds is 3. The summed E-state index contributed by atoms with van der Waals surface area (Å²) in [5.74, 6) is -1.19. The fraction of sp³-hybridized carbons (Fsp3) is 0.0769. The predicted molar refractivity (Wildman–Crippen MR) is 73.0 cm³/mol. The molecule has 0 atom stereocenters. The van der Waals surface area contributed by atoms with Crippen LogP contribution in [-0.2, 0) is 0 Å². The summed E-state index contributed by atoms with van der Waals surface area (Å²) >= 11 is 12.2. The normalized spacial score (nSPS) is 10.3. The highest BCUT2D eigenvalue weighted by atomic mass is 35.5. The SMILES string of the molecule is Cc1ccc(Cl)c(Nc2ncccc2C(=O)[O-])c1Cl. The van der Waals surface area contributed by atoms with Gasteiger partial charge in [0.2, 0.25) is 0 Å². The molecule has 98 valence electrons. The highest BCUT2D eigenvalue weighted by Gasteiger charge is 2.11. The van der Waals surface area contributed by atoms with E-state index in [4.69, 9.17) is 23.2 Å². The number of anilines is 2. The maximum absolute atomic E-state index is 11.0. The fourth-order valence-corrected chi connectivity index (χ4v) is 2.02. The van der Waals surface area contributed by atoms with Crippen molar-refractivity contribution >= 4 is 40.7 Å². The largest absolute Gasteiger partial charge is 0.545 e. The van der Waals surface area contributed by atoms with Crippen molar-refractivity contribution in [2.45, 2.75) is 6.92 Å². The van der Waals surface area contributed by atoms with Gasteiger partial charge in [-0.2, -0.15) is 0 Å². The summed E-state index contributed by atoms with van der Waals surface area (Å²) in [5, 5.41) is 14.6. The molecule has 0 spiro atoms. The highest BCUT2D eigenvalue weighted by Crippen LogP contribution is 2.35. The summed E-state index contributed by atoms with van der Waals surface area (Å²) in [5.41, 5.74) is 1.18. The summed E-state index contributed by atoms with van der Waals surface area (Å²) in [6.45, 7) is 1.82.